The van der Waals surface area contributed by atoms with Crippen LogP contribution in [0.25, 0.3) is 0 Å². The largest absolute Gasteiger partial charge is 0.348 e. The molecule has 1 fully saturated rings. The fourth-order valence-electron chi connectivity index (χ4n) is 2.53. The van der Waals surface area contributed by atoms with Crippen LogP contribution < -0.4 is 5.32 Å². The second-order valence-electron chi connectivity index (χ2n) is 5.19. The lowest BCUT2D eigenvalue weighted by Gasteiger charge is -2.32. The van der Waals surface area contributed by atoms with Gasteiger partial charge in [-0.25, -0.2) is 4.39 Å². The van der Waals surface area contributed by atoms with Crippen molar-refractivity contribution < 1.29 is 9.18 Å². The van der Waals surface area contributed by atoms with Gasteiger partial charge in [-0.1, -0.05) is 13.0 Å². The highest BCUT2D eigenvalue weighted by Crippen LogP contribution is 2.13. The van der Waals surface area contributed by atoms with Crippen molar-refractivity contribution in [2.75, 3.05) is 19.6 Å². The van der Waals surface area contributed by atoms with Gasteiger partial charge in [-0.05, 0) is 50.6 Å². The Morgan fingerprint density at radius 1 is 1.53 bits per heavy atom. The maximum atomic E-state index is 13.7. The summed E-state index contributed by atoms with van der Waals surface area (Å²) in [7, 11) is 0. The fraction of sp³-hybridized carbons (Fsp3) is 0.533. The lowest BCUT2D eigenvalue weighted by atomic mass is 10.0. The average Bonchev–Trinajstić information content (AvgIpc) is 2.38. The molecular weight excluding hydrogens is 243 g/mol. The van der Waals surface area contributed by atoms with Crippen molar-refractivity contribution in [2.24, 2.45) is 0 Å². The molecule has 1 heterocycles. The molecule has 1 aromatic rings. The average molecular weight is 264 g/mol. The lowest BCUT2D eigenvalue weighted by Crippen LogP contribution is -2.47. The summed E-state index contributed by atoms with van der Waals surface area (Å²) >= 11 is 0. The summed E-state index contributed by atoms with van der Waals surface area (Å²) < 4.78 is 13.7. The van der Waals surface area contributed by atoms with Gasteiger partial charge in [-0.15, -0.1) is 0 Å². The van der Waals surface area contributed by atoms with Gasteiger partial charge in [0.05, 0.1) is 5.56 Å². The number of rotatable bonds is 3. The highest BCUT2D eigenvalue weighted by atomic mass is 19.1. The topological polar surface area (TPSA) is 32.3 Å². The molecule has 4 heteroatoms. The molecule has 2 rings (SSSR count). The number of aryl methyl sites for hydroxylation is 1. The second-order valence-corrected chi connectivity index (χ2v) is 5.19. The quantitative estimate of drug-likeness (QED) is 0.909. The molecule has 19 heavy (non-hydrogen) atoms. The number of piperidine rings is 1. The summed E-state index contributed by atoms with van der Waals surface area (Å²) in [6, 6.07) is 4.84. The molecule has 3 nitrogen and oxygen atoms in total. The Hall–Kier alpha value is -1.42. The van der Waals surface area contributed by atoms with E-state index in [1.807, 2.05) is 6.92 Å². The van der Waals surface area contributed by atoms with Crippen LogP contribution in [-0.2, 0) is 0 Å². The van der Waals surface area contributed by atoms with E-state index < -0.39 is 5.82 Å². The van der Waals surface area contributed by atoms with Crippen LogP contribution in [0.5, 0.6) is 0 Å². The number of benzene rings is 1. The van der Waals surface area contributed by atoms with Crippen molar-refractivity contribution in [1.82, 2.24) is 10.2 Å². The Kier molecular flexibility index (Phi) is 4.53. The first kappa shape index (κ1) is 14.0. The van der Waals surface area contributed by atoms with Crippen LogP contribution in [0.15, 0.2) is 18.2 Å². The molecule has 0 saturated carbocycles. The van der Waals surface area contributed by atoms with Gasteiger partial charge in [0, 0.05) is 12.6 Å². The van der Waals surface area contributed by atoms with Crippen molar-refractivity contribution in [2.45, 2.75) is 32.7 Å². The van der Waals surface area contributed by atoms with Crippen LogP contribution >= 0.6 is 0 Å². The number of nitrogens with one attached hydrogen (secondary N) is 1. The smallest absolute Gasteiger partial charge is 0.254 e. The van der Waals surface area contributed by atoms with E-state index in [0.29, 0.717) is 0 Å². The molecule has 104 valence electrons. The van der Waals surface area contributed by atoms with Crippen LogP contribution in [0.2, 0.25) is 0 Å². The summed E-state index contributed by atoms with van der Waals surface area (Å²) in [5.41, 5.74) is 0.961. The van der Waals surface area contributed by atoms with E-state index in [1.54, 1.807) is 12.1 Å². The number of nitrogens with zero attached hydrogens (tertiary/aromatic N) is 1. The highest BCUT2D eigenvalue weighted by molar-refractivity contribution is 5.94. The van der Waals surface area contributed by atoms with Crippen molar-refractivity contribution >= 4 is 5.91 Å². The number of likely N-dealkylation sites (N-methyl/N-ethyl adjacent to an activating group) is 1. The number of likely N-dealkylation sites (tertiary alicyclic amines) is 1. The zero-order chi connectivity index (χ0) is 13.8. The molecule has 1 saturated heterocycles. The Labute approximate surface area is 113 Å². The first-order valence-corrected chi connectivity index (χ1v) is 6.89. The molecule has 1 aliphatic rings. The SMILES string of the molecule is CCN1CCCC(NC(=O)c2ccc(C)cc2F)C1. The van der Waals surface area contributed by atoms with Gasteiger partial charge in [0.1, 0.15) is 5.82 Å². The molecule has 0 aromatic heterocycles. The van der Waals surface area contributed by atoms with Gasteiger partial charge in [0.25, 0.3) is 5.91 Å². The molecule has 0 aliphatic carbocycles. The van der Waals surface area contributed by atoms with E-state index in [9.17, 15) is 9.18 Å². The zero-order valence-electron chi connectivity index (χ0n) is 11.6. The van der Waals surface area contributed by atoms with Gasteiger partial charge in [0.2, 0.25) is 0 Å². The Balaban J connectivity index is 2.00. The second kappa shape index (κ2) is 6.15. The summed E-state index contributed by atoms with van der Waals surface area (Å²) in [6.45, 7) is 6.86. The number of carbonyl (C=O) groups is 1. The van der Waals surface area contributed by atoms with Crippen LogP contribution in [0.1, 0.15) is 35.7 Å². The zero-order valence-corrected chi connectivity index (χ0v) is 11.6. The van der Waals surface area contributed by atoms with E-state index in [0.717, 1.165) is 38.0 Å². The Morgan fingerprint density at radius 2 is 2.32 bits per heavy atom. The standard InChI is InChI=1S/C15H21FN2O/c1-3-18-8-4-5-12(10-18)17-15(19)13-7-6-11(2)9-14(13)16/h6-7,9,12H,3-5,8,10H2,1-2H3,(H,17,19). The number of amides is 1. The minimum absolute atomic E-state index is 0.127. The normalized spacial score (nSPS) is 20.3. The molecule has 1 unspecified atom stereocenters. The number of hydrogen-bond donors (Lipinski definition) is 1. The predicted molar refractivity (Wildman–Crippen MR) is 73.7 cm³/mol. The summed E-state index contributed by atoms with van der Waals surface area (Å²) in [5, 5.41) is 2.94. The number of hydrogen-bond acceptors (Lipinski definition) is 2. The Morgan fingerprint density at radius 3 is 3.00 bits per heavy atom. The molecule has 1 N–H and O–H groups in total. The predicted octanol–water partition coefficient (Wildman–Crippen LogP) is 2.35. The molecule has 0 spiro atoms. The van der Waals surface area contributed by atoms with Crippen LogP contribution in [0.4, 0.5) is 4.39 Å². The third-order valence-electron chi connectivity index (χ3n) is 3.66. The van der Waals surface area contributed by atoms with Crippen molar-refractivity contribution in [1.29, 1.82) is 0 Å². The van der Waals surface area contributed by atoms with Crippen molar-refractivity contribution in [3.63, 3.8) is 0 Å². The van der Waals surface area contributed by atoms with Crippen LogP contribution in [0.3, 0.4) is 0 Å². The summed E-state index contributed by atoms with van der Waals surface area (Å²) in [5.74, 6) is -0.749. The first-order valence-electron chi connectivity index (χ1n) is 6.89. The lowest BCUT2D eigenvalue weighted by molar-refractivity contribution is 0.0902. The third-order valence-corrected chi connectivity index (χ3v) is 3.66. The molecule has 0 radical (unpaired) electrons. The minimum Gasteiger partial charge on any atom is -0.348 e. The molecule has 1 amide bonds. The van der Waals surface area contributed by atoms with Crippen molar-refractivity contribution in [3.8, 4) is 0 Å². The maximum Gasteiger partial charge on any atom is 0.254 e. The van der Waals surface area contributed by atoms with E-state index in [2.05, 4.69) is 17.1 Å². The van der Waals surface area contributed by atoms with E-state index in [1.165, 1.54) is 6.07 Å². The van der Waals surface area contributed by atoms with Gasteiger partial charge in [-0.2, -0.15) is 0 Å². The minimum atomic E-state index is -0.444. The van der Waals surface area contributed by atoms with E-state index in [-0.39, 0.29) is 17.5 Å². The maximum absolute atomic E-state index is 13.7. The fourth-order valence-corrected chi connectivity index (χ4v) is 2.53. The highest BCUT2D eigenvalue weighted by Gasteiger charge is 2.21. The molecule has 1 atom stereocenters. The number of carbonyl (C=O) groups excluding carboxylic acids is 1. The van der Waals surface area contributed by atoms with Gasteiger partial charge < -0.3 is 10.2 Å². The number of halogens is 1. The van der Waals surface area contributed by atoms with Crippen LogP contribution in [0, 0.1) is 12.7 Å². The summed E-state index contributed by atoms with van der Waals surface area (Å²) in [4.78, 5) is 14.4. The molecular formula is C15H21FN2O. The van der Waals surface area contributed by atoms with Gasteiger partial charge >= 0.3 is 0 Å². The van der Waals surface area contributed by atoms with E-state index in [4.69, 9.17) is 0 Å². The first-order chi connectivity index (χ1) is 9.10. The third kappa shape index (κ3) is 3.53. The van der Waals surface area contributed by atoms with Crippen molar-refractivity contribution in [3.05, 3.63) is 35.1 Å². The monoisotopic (exact) mass is 264 g/mol. The van der Waals surface area contributed by atoms with Crippen LogP contribution in [-0.4, -0.2) is 36.5 Å². The van der Waals surface area contributed by atoms with Gasteiger partial charge in [-0.3, -0.25) is 4.79 Å². The molecule has 0 bridgehead atoms. The van der Waals surface area contributed by atoms with Gasteiger partial charge in [0.15, 0.2) is 0 Å². The summed E-state index contributed by atoms with van der Waals surface area (Å²) in [6.07, 6.45) is 2.05. The van der Waals surface area contributed by atoms with E-state index >= 15 is 0 Å². The molecule has 1 aliphatic heterocycles. The molecule has 1 aromatic carbocycles. The Bertz CT molecular complexity index is 461.